The second-order valence-corrected chi connectivity index (χ2v) is 5.93. The van der Waals surface area contributed by atoms with Gasteiger partial charge < -0.3 is 9.47 Å². The molecule has 0 fully saturated rings. The molecule has 3 nitrogen and oxygen atoms in total. The summed E-state index contributed by atoms with van der Waals surface area (Å²) in [6, 6.07) is 0. The van der Waals surface area contributed by atoms with Crippen molar-refractivity contribution in [3.63, 3.8) is 0 Å². The van der Waals surface area contributed by atoms with Crippen LogP contribution in [0.15, 0.2) is 0 Å². The monoisotopic (exact) mass is 304 g/mol. The van der Waals surface area contributed by atoms with Gasteiger partial charge in [-0.3, -0.25) is 0 Å². The molecular formula is C19H30NO2+. The van der Waals surface area contributed by atoms with E-state index in [1.165, 1.54) is 44.4 Å². The number of fused-ring (bicyclic) bond motifs is 1. The van der Waals surface area contributed by atoms with Crippen molar-refractivity contribution in [2.45, 2.75) is 41.5 Å². The molecular weight excluding hydrogens is 274 g/mol. The number of aromatic nitrogens is 1. The molecule has 122 valence electrons. The van der Waals surface area contributed by atoms with Gasteiger partial charge in [-0.05, 0) is 51.3 Å². The number of ether oxygens (including phenoxy) is 2. The summed E-state index contributed by atoms with van der Waals surface area (Å²) < 4.78 is 12.2. The van der Waals surface area contributed by atoms with E-state index in [4.69, 9.17) is 4.74 Å². The fourth-order valence-electron chi connectivity index (χ4n) is 3.01. The van der Waals surface area contributed by atoms with Crippen molar-refractivity contribution < 1.29 is 14.0 Å². The van der Waals surface area contributed by atoms with E-state index in [0.29, 0.717) is 0 Å². The van der Waals surface area contributed by atoms with E-state index in [2.05, 4.69) is 57.9 Å². The maximum absolute atomic E-state index is 5.70. The molecule has 2 aromatic rings. The minimum atomic E-state index is 1.01. The molecule has 1 heterocycles. The van der Waals surface area contributed by atoms with E-state index in [1.807, 2.05) is 0 Å². The lowest BCUT2D eigenvalue weighted by atomic mass is 9.92. The van der Waals surface area contributed by atoms with E-state index in [9.17, 15) is 0 Å². The summed E-state index contributed by atoms with van der Waals surface area (Å²) in [6.07, 6.45) is 0. The van der Waals surface area contributed by atoms with Crippen molar-refractivity contribution in [3.8, 4) is 5.75 Å². The second-order valence-electron chi connectivity index (χ2n) is 5.93. The first-order valence-electron chi connectivity index (χ1n) is 7.57. The Morgan fingerprint density at radius 1 is 0.682 bits per heavy atom. The first-order chi connectivity index (χ1) is 10.2. The topological polar surface area (TPSA) is 22.3 Å². The Balaban J connectivity index is 0.000000745. The normalized spacial score (nSPS) is 10.5. The number of pyridine rings is 1. The van der Waals surface area contributed by atoms with Crippen LogP contribution in [0.25, 0.3) is 10.9 Å². The van der Waals surface area contributed by atoms with Gasteiger partial charge in [-0.25, -0.2) is 0 Å². The molecule has 22 heavy (non-hydrogen) atoms. The predicted octanol–water partition coefficient (Wildman–Crippen LogP) is 3.79. The summed E-state index contributed by atoms with van der Waals surface area (Å²) in [5.41, 5.74) is 9.17. The van der Waals surface area contributed by atoms with Crippen molar-refractivity contribution in [3.05, 3.63) is 33.5 Å². The zero-order chi connectivity index (χ0) is 17.2. The Bertz CT molecular complexity index is 695. The number of aryl methyl sites for hydroxylation is 3. The highest BCUT2D eigenvalue weighted by molar-refractivity contribution is 5.91. The van der Waals surface area contributed by atoms with Crippen LogP contribution in [0.5, 0.6) is 5.75 Å². The van der Waals surface area contributed by atoms with E-state index < -0.39 is 0 Å². The summed E-state index contributed by atoms with van der Waals surface area (Å²) in [6.45, 7) is 13.1. The Hall–Kier alpha value is -1.61. The number of hydrogen-bond donors (Lipinski definition) is 0. The number of rotatable bonds is 1. The lowest BCUT2D eigenvalue weighted by Crippen LogP contribution is -2.35. The van der Waals surface area contributed by atoms with Crippen LogP contribution in [0.2, 0.25) is 0 Å². The molecule has 0 saturated heterocycles. The fourth-order valence-corrected chi connectivity index (χ4v) is 3.01. The zero-order valence-corrected chi connectivity index (χ0v) is 15.8. The van der Waals surface area contributed by atoms with Crippen LogP contribution in [0.4, 0.5) is 0 Å². The van der Waals surface area contributed by atoms with Gasteiger partial charge in [0.25, 0.3) is 5.52 Å². The molecule has 1 aromatic heterocycles. The zero-order valence-electron chi connectivity index (χ0n) is 15.8. The summed E-state index contributed by atoms with van der Waals surface area (Å²) in [7, 11) is 7.14. The highest BCUT2D eigenvalue weighted by Gasteiger charge is 2.24. The van der Waals surface area contributed by atoms with E-state index in [1.54, 1.807) is 21.3 Å². The average molecular weight is 304 g/mol. The van der Waals surface area contributed by atoms with Crippen molar-refractivity contribution in [1.29, 1.82) is 0 Å². The van der Waals surface area contributed by atoms with Crippen LogP contribution >= 0.6 is 0 Å². The third-order valence-corrected chi connectivity index (χ3v) is 4.82. The fraction of sp³-hybridized carbons (Fsp3) is 0.526. The molecule has 0 amide bonds. The van der Waals surface area contributed by atoms with E-state index >= 15 is 0 Å². The lowest BCUT2D eigenvalue weighted by Gasteiger charge is -2.17. The number of nitrogens with zero attached hydrogens (tertiary/aromatic N) is 1. The van der Waals surface area contributed by atoms with Crippen LogP contribution in [0.3, 0.4) is 0 Å². The average Bonchev–Trinajstić information content (AvgIpc) is 2.49. The molecule has 0 radical (unpaired) electrons. The van der Waals surface area contributed by atoms with Gasteiger partial charge in [0, 0.05) is 32.3 Å². The van der Waals surface area contributed by atoms with Crippen LogP contribution in [-0.2, 0) is 11.8 Å². The quantitative estimate of drug-likeness (QED) is 0.748. The highest BCUT2D eigenvalue weighted by atomic mass is 16.5. The van der Waals surface area contributed by atoms with Crippen molar-refractivity contribution >= 4 is 10.9 Å². The molecule has 1 aromatic carbocycles. The van der Waals surface area contributed by atoms with Gasteiger partial charge in [0.15, 0.2) is 11.4 Å². The summed E-state index contributed by atoms with van der Waals surface area (Å²) >= 11 is 0. The Kier molecular flexibility index (Phi) is 5.95. The summed E-state index contributed by atoms with van der Waals surface area (Å²) in [5.74, 6) is 1.01. The predicted molar refractivity (Wildman–Crippen MR) is 93.0 cm³/mol. The van der Waals surface area contributed by atoms with Crippen molar-refractivity contribution in [2.24, 2.45) is 7.05 Å². The maximum atomic E-state index is 5.70. The van der Waals surface area contributed by atoms with Gasteiger partial charge >= 0.3 is 0 Å². The molecule has 0 aliphatic heterocycles. The first-order valence-corrected chi connectivity index (χ1v) is 7.57. The lowest BCUT2D eigenvalue weighted by molar-refractivity contribution is -0.651. The standard InChI is InChI=1S/C17H24NO.C2H6O/c1-9-11(3)15-12(4)10(2)14(6)18(7)16(15)17(19-8)13(9)5;1-3-2/h1-8H3;1-2H3/q+1;. The number of hydrogen-bond acceptors (Lipinski definition) is 2. The molecule has 3 heteroatoms. The number of benzene rings is 1. The molecule has 0 aliphatic rings. The van der Waals surface area contributed by atoms with Crippen molar-refractivity contribution in [1.82, 2.24) is 0 Å². The summed E-state index contributed by atoms with van der Waals surface area (Å²) in [5, 5.41) is 1.34. The minimum absolute atomic E-state index is 1.01. The van der Waals surface area contributed by atoms with Crippen LogP contribution < -0.4 is 9.30 Å². The van der Waals surface area contributed by atoms with Crippen molar-refractivity contribution in [2.75, 3.05) is 21.3 Å². The van der Waals surface area contributed by atoms with Gasteiger partial charge in [-0.1, -0.05) is 0 Å². The molecule has 2 rings (SSSR count). The van der Waals surface area contributed by atoms with Gasteiger partial charge in [0.1, 0.15) is 7.05 Å². The third-order valence-electron chi connectivity index (χ3n) is 4.82. The van der Waals surface area contributed by atoms with Crippen LogP contribution in [-0.4, -0.2) is 21.3 Å². The van der Waals surface area contributed by atoms with E-state index in [-0.39, 0.29) is 0 Å². The van der Waals surface area contributed by atoms with Gasteiger partial charge in [-0.15, -0.1) is 0 Å². The third kappa shape index (κ3) is 2.82. The summed E-state index contributed by atoms with van der Waals surface area (Å²) in [4.78, 5) is 0. The highest BCUT2D eigenvalue weighted by Crippen LogP contribution is 2.36. The molecule has 0 atom stereocenters. The maximum Gasteiger partial charge on any atom is 0.255 e. The molecule has 0 aliphatic carbocycles. The molecule has 0 spiro atoms. The molecule has 0 N–H and O–H groups in total. The number of methoxy groups -OCH3 is 2. The Labute approximate surface area is 134 Å². The van der Waals surface area contributed by atoms with Crippen LogP contribution in [0, 0.1) is 41.5 Å². The first kappa shape index (κ1) is 18.4. The molecule has 0 saturated carbocycles. The largest absolute Gasteiger partial charge is 0.490 e. The molecule has 0 bridgehead atoms. The second kappa shape index (κ2) is 7.10. The Morgan fingerprint density at radius 2 is 1.14 bits per heavy atom. The van der Waals surface area contributed by atoms with Gasteiger partial charge in [-0.2, -0.15) is 4.57 Å². The molecule has 0 unspecified atom stereocenters. The minimum Gasteiger partial charge on any atom is -0.490 e. The van der Waals surface area contributed by atoms with Gasteiger partial charge in [0.2, 0.25) is 0 Å². The SMILES string of the molecule is COC.COc1c(C)c(C)c(C)c2c(C)c(C)c(C)[n+](C)c12. The van der Waals surface area contributed by atoms with Crippen LogP contribution in [0.1, 0.15) is 33.5 Å². The smallest absolute Gasteiger partial charge is 0.255 e. The van der Waals surface area contributed by atoms with E-state index in [0.717, 1.165) is 5.75 Å². The van der Waals surface area contributed by atoms with Gasteiger partial charge in [0.05, 0.1) is 12.5 Å². The Morgan fingerprint density at radius 3 is 1.59 bits per heavy atom.